The molecular formula is C16H23N5. The van der Waals surface area contributed by atoms with Gasteiger partial charge in [-0.2, -0.15) is 5.10 Å². The van der Waals surface area contributed by atoms with E-state index < -0.39 is 0 Å². The monoisotopic (exact) mass is 285 g/mol. The zero-order valence-corrected chi connectivity index (χ0v) is 12.5. The second-order valence-corrected chi connectivity index (χ2v) is 5.85. The van der Waals surface area contributed by atoms with Gasteiger partial charge in [0, 0.05) is 18.3 Å². The summed E-state index contributed by atoms with van der Waals surface area (Å²) >= 11 is 0. The highest BCUT2D eigenvalue weighted by Gasteiger charge is 2.19. The summed E-state index contributed by atoms with van der Waals surface area (Å²) in [5.74, 6) is 5.71. The van der Waals surface area contributed by atoms with Gasteiger partial charge in [0.05, 0.1) is 23.5 Å². The topological polar surface area (TPSA) is 68.8 Å². The molecule has 1 unspecified atom stereocenters. The van der Waals surface area contributed by atoms with Gasteiger partial charge in [0.1, 0.15) is 0 Å². The smallest absolute Gasteiger partial charge is 0.0688 e. The minimum atomic E-state index is -0.00294. The van der Waals surface area contributed by atoms with Crippen LogP contribution in [0.3, 0.4) is 0 Å². The lowest BCUT2D eigenvalue weighted by molar-refractivity contribution is 0.456. The van der Waals surface area contributed by atoms with Crippen LogP contribution < -0.4 is 11.3 Å². The van der Waals surface area contributed by atoms with Gasteiger partial charge in [-0.25, -0.2) is 0 Å². The van der Waals surface area contributed by atoms with E-state index in [1.807, 2.05) is 25.1 Å². The summed E-state index contributed by atoms with van der Waals surface area (Å²) in [6.07, 6.45) is 7.99. The summed E-state index contributed by atoms with van der Waals surface area (Å²) < 4.78 is 2.12. The number of nitrogens with two attached hydrogens (primary N) is 1. The molecule has 0 saturated heterocycles. The second kappa shape index (κ2) is 6.37. The molecule has 2 aromatic rings. The average molecular weight is 285 g/mol. The zero-order valence-electron chi connectivity index (χ0n) is 12.5. The molecule has 0 amide bonds. The van der Waals surface area contributed by atoms with Crippen molar-refractivity contribution in [2.75, 3.05) is 0 Å². The molecular weight excluding hydrogens is 262 g/mol. The lowest BCUT2D eigenvalue weighted by Gasteiger charge is -2.15. The van der Waals surface area contributed by atoms with Crippen LogP contribution >= 0.6 is 0 Å². The van der Waals surface area contributed by atoms with E-state index in [2.05, 4.69) is 27.4 Å². The van der Waals surface area contributed by atoms with Gasteiger partial charge in [-0.1, -0.05) is 18.9 Å². The van der Waals surface area contributed by atoms with Crippen molar-refractivity contribution < 1.29 is 0 Å². The molecule has 0 bridgehead atoms. The van der Waals surface area contributed by atoms with Gasteiger partial charge in [-0.3, -0.25) is 20.9 Å². The maximum absolute atomic E-state index is 5.71. The van der Waals surface area contributed by atoms with E-state index in [9.17, 15) is 0 Å². The molecule has 5 heteroatoms. The highest BCUT2D eigenvalue weighted by molar-refractivity contribution is 5.16. The van der Waals surface area contributed by atoms with E-state index in [-0.39, 0.29) is 6.04 Å². The van der Waals surface area contributed by atoms with Crippen molar-refractivity contribution in [1.82, 2.24) is 20.2 Å². The Morgan fingerprint density at radius 1 is 1.33 bits per heavy atom. The normalized spacial score (nSPS) is 17.2. The van der Waals surface area contributed by atoms with E-state index in [4.69, 9.17) is 10.9 Å². The molecule has 1 fully saturated rings. The van der Waals surface area contributed by atoms with Crippen LogP contribution in [-0.2, 0) is 6.42 Å². The first-order chi connectivity index (χ1) is 10.3. The Bertz CT molecular complexity index is 586. The second-order valence-electron chi connectivity index (χ2n) is 5.85. The van der Waals surface area contributed by atoms with Gasteiger partial charge in [0.25, 0.3) is 0 Å². The van der Waals surface area contributed by atoms with Gasteiger partial charge >= 0.3 is 0 Å². The Morgan fingerprint density at radius 2 is 2.14 bits per heavy atom. The third kappa shape index (κ3) is 3.31. The zero-order chi connectivity index (χ0) is 14.7. The Labute approximate surface area is 125 Å². The Hall–Kier alpha value is -1.72. The fraction of sp³-hybridized carbons (Fsp3) is 0.500. The number of aryl methyl sites for hydroxylation is 1. The molecule has 1 atom stereocenters. The van der Waals surface area contributed by atoms with Crippen LogP contribution in [0.15, 0.2) is 30.5 Å². The molecule has 2 aromatic heterocycles. The lowest BCUT2D eigenvalue weighted by atomic mass is 10.1. The lowest BCUT2D eigenvalue weighted by Crippen LogP contribution is -2.30. The molecule has 0 aromatic carbocycles. The minimum absolute atomic E-state index is 0.00294. The summed E-state index contributed by atoms with van der Waals surface area (Å²) in [5.41, 5.74) is 5.89. The maximum atomic E-state index is 5.71. The van der Waals surface area contributed by atoms with Crippen molar-refractivity contribution in [3.8, 4) is 0 Å². The van der Waals surface area contributed by atoms with E-state index in [1.165, 1.54) is 25.7 Å². The molecule has 2 heterocycles. The number of hydrazine groups is 1. The predicted molar refractivity (Wildman–Crippen MR) is 82.5 cm³/mol. The van der Waals surface area contributed by atoms with Gasteiger partial charge in [0.2, 0.25) is 0 Å². The van der Waals surface area contributed by atoms with E-state index in [1.54, 1.807) is 0 Å². The van der Waals surface area contributed by atoms with Crippen LogP contribution in [0.4, 0.5) is 0 Å². The Balaban J connectivity index is 1.72. The van der Waals surface area contributed by atoms with Gasteiger partial charge < -0.3 is 0 Å². The Morgan fingerprint density at radius 3 is 2.86 bits per heavy atom. The summed E-state index contributed by atoms with van der Waals surface area (Å²) in [6, 6.07) is 8.69. The molecule has 0 aliphatic heterocycles. The van der Waals surface area contributed by atoms with E-state index in [0.29, 0.717) is 6.04 Å². The molecule has 3 rings (SSSR count). The molecule has 5 nitrogen and oxygen atoms in total. The number of pyridine rings is 1. The molecule has 0 radical (unpaired) electrons. The first-order valence-electron chi connectivity index (χ1n) is 7.70. The largest absolute Gasteiger partial charge is 0.271 e. The SMILES string of the molecule is Cc1cccc(C(Cc2ccn(C3CCCC3)n2)NN)n1. The third-order valence-corrected chi connectivity index (χ3v) is 4.24. The maximum Gasteiger partial charge on any atom is 0.0688 e. The van der Waals surface area contributed by atoms with Crippen LogP contribution in [0.5, 0.6) is 0 Å². The van der Waals surface area contributed by atoms with Crippen molar-refractivity contribution in [1.29, 1.82) is 0 Å². The van der Waals surface area contributed by atoms with Crippen molar-refractivity contribution in [3.63, 3.8) is 0 Å². The fourth-order valence-corrected chi connectivity index (χ4v) is 3.07. The van der Waals surface area contributed by atoms with Crippen LogP contribution in [0.25, 0.3) is 0 Å². The van der Waals surface area contributed by atoms with Crippen LogP contribution in [0, 0.1) is 6.92 Å². The molecule has 1 saturated carbocycles. The summed E-state index contributed by atoms with van der Waals surface area (Å²) in [4.78, 5) is 4.55. The highest BCUT2D eigenvalue weighted by atomic mass is 15.3. The third-order valence-electron chi connectivity index (χ3n) is 4.24. The summed E-state index contributed by atoms with van der Waals surface area (Å²) in [6.45, 7) is 1.99. The van der Waals surface area contributed by atoms with Crippen molar-refractivity contribution in [2.45, 2.75) is 51.1 Å². The standard InChI is InChI=1S/C16H23N5/c1-12-5-4-8-15(18-12)16(19-17)11-13-9-10-21(20-13)14-6-2-3-7-14/h4-5,8-10,14,16,19H,2-3,6-7,11,17H2,1H3. The molecule has 3 N–H and O–H groups in total. The number of aromatic nitrogens is 3. The highest BCUT2D eigenvalue weighted by Crippen LogP contribution is 2.29. The first-order valence-corrected chi connectivity index (χ1v) is 7.70. The van der Waals surface area contributed by atoms with Crippen molar-refractivity contribution in [3.05, 3.63) is 47.5 Å². The van der Waals surface area contributed by atoms with Crippen LogP contribution in [0.1, 0.15) is 54.8 Å². The van der Waals surface area contributed by atoms with E-state index >= 15 is 0 Å². The molecule has 1 aliphatic carbocycles. The fourth-order valence-electron chi connectivity index (χ4n) is 3.07. The molecule has 21 heavy (non-hydrogen) atoms. The van der Waals surface area contributed by atoms with Crippen LogP contribution in [-0.4, -0.2) is 14.8 Å². The minimum Gasteiger partial charge on any atom is -0.271 e. The van der Waals surface area contributed by atoms with Gasteiger partial charge in [-0.15, -0.1) is 0 Å². The van der Waals surface area contributed by atoms with E-state index in [0.717, 1.165) is 23.5 Å². The molecule has 112 valence electrons. The van der Waals surface area contributed by atoms with Gasteiger partial charge in [-0.05, 0) is 38.0 Å². The van der Waals surface area contributed by atoms with Crippen LogP contribution in [0.2, 0.25) is 0 Å². The van der Waals surface area contributed by atoms with Gasteiger partial charge in [0.15, 0.2) is 0 Å². The summed E-state index contributed by atoms with van der Waals surface area (Å²) in [5, 5.41) is 4.72. The number of hydrogen-bond acceptors (Lipinski definition) is 4. The number of nitrogens with one attached hydrogen (secondary N) is 1. The number of nitrogens with zero attached hydrogens (tertiary/aromatic N) is 3. The number of hydrogen-bond donors (Lipinski definition) is 2. The average Bonchev–Trinajstić information content (AvgIpc) is 3.15. The number of rotatable bonds is 5. The molecule has 1 aliphatic rings. The first kappa shape index (κ1) is 14.2. The predicted octanol–water partition coefficient (Wildman–Crippen LogP) is 2.45. The summed E-state index contributed by atoms with van der Waals surface area (Å²) in [7, 11) is 0. The van der Waals surface area contributed by atoms with Crippen molar-refractivity contribution >= 4 is 0 Å². The van der Waals surface area contributed by atoms with Crippen molar-refractivity contribution in [2.24, 2.45) is 5.84 Å². The Kier molecular flexibility index (Phi) is 4.31. The quantitative estimate of drug-likeness (QED) is 0.654. The molecule has 0 spiro atoms.